The first-order valence-corrected chi connectivity index (χ1v) is 8.16. The zero-order chi connectivity index (χ0) is 14.4. The molecule has 1 aliphatic carbocycles. The van der Waals surface area contributed by atoms with E-state index in [9.17, 15) is 0 Å². The highest BCUT2D eigenvalue weighted by molar-refractivity contribution is 5.37. The van der Waals surface area contributed by atoms with E-state index in [0.29, 0.717) is 11.5 Å². The Morgan fingerprint density at radius 3 is 2.55 bits per heavy atom. The molecule has 2 heteroatoms. The number of nitrogens with one attached hydrogen (secondary N) is 1. The van der Waals surface area contributed by atoms with Gasteiger partial charge in [-0.15, -0.1) is 0 Å². The molecule has 2 rings (SSSR count). The fourth-order valence-electron chi connectivity index (χ4n) is 3.50. The third kappa shape index (κ3) is 3.35. The van der Waals surface area contributed by atoms with Gasteiger partial charge in [0.25, 0.3) is 0 Å². The summed E-state index contributed by atoms with van der Waals surface area (Å²) in [4.78, 5) is 0. The van der Waals surface area contributed by atoms with Crippen molar-refractivity contribution < 1.29 is 4.74 Å². The number of hydrogen-bond donors (Lipinski definition) is 1. The van der Waals surface area contributed by atoms with Gasteiger partial charge in [0.15, 0.2) is 0 Å². The number of ether oxygens (including phenoxy) is 1. The second-order valence-corrected chi connectivity index (χ2v) is 6.22. The van der Waals surface area contributed by atoms with Crippen molar-refractivity contribution in [2.24, 2.45) is 5.41 Å². The molecule has 1 fully saturated rings. The minimum Gasteiger partial charge on any atom is -0.494 e. The maximum atomic E-state index is 5.86. The molecular weight excluding hydrogens is 246 g/mol. The molecule has 0 heterocycles. The van der Waals surface area contributed by atoms with Crippen LogP contribution in [-0.2, 0) is 0 Å². The third-order valence-electron chi connectivity index (χ3n) is 4.57. The Morgan fingerprint density at radius 2 is 1.90 bits per heavy atom. The van der Waals surface area contributed by atoms with Crippen LogP contribution < -0.4 is 10.1 Å². The lowest BCUT2D eigenvalue weighted by atomic mass is 9.77. The number of para-hydroxylation sites is 1. The van der Waals surface area contributed by atoms with E-state index in [0.717, 1.165) is 18.9 Å². The molecule has 1 aromatic rings. The normalized spacial score (nSPS) is 18.9. The van der Waals surface area contributed by atoms with Crippen molar-refractivity contribution >= 4 is 0 Å². The van der Waals surface area contributed by atoms with Gasteiger partial charge in [0.05, 0.1) is 6.61 Å². The molecule has 1 unspecified atom stereocenters. The van der Waals surface area contributed by atoms with Gasteiger partial charge in [-0.05, 0) is 44.2 Å². The van der Waals surface area contributed by atoms with E-state index in [2.05, 4.69) is 50.4 Å². The van der Waals surface area contributed by atoms with E-state index in [1.165, 1.54) is 37.7 Å². The molecule has 0 amide bonds. The smallest absolute Gasteiger partial charge is 0.124 e. The van der Waals surface area contributed by atoms with Crippen molar-refractivity contribution in [2.45, 2.75) is 58.9 Å². The van der Waals surface area contributed by atoms with Crippen LogP contribution in [0.2, 0.25) is 0 Å². The highest BCUT2D eigenvalue weighted by atomic mass is 16.5. The molecule has 1 atom stereocenters. The summed E-state index contributed by atoms with van der Waals surface area (Å²) in [6.45, 7) is 8.53. The van der Waals surface area contributed by atoms with Gasteiger partial charge in [0.2, 0.25) is 0 Å². The minimum atomic E-state index is 0.363. The number of rotatable bonds is 7. The van der Waals surface area contributed by atoms with Crippen molar-refractivity contribution in [3.8, 4) is 5.75 Å². The molecule has 20 heavy (non-hydrogen) atoms. The Labute approximate surface area is 123 Å². The first-order chi connectivity index (χ1) is 9.71. The summed E-state index contributed by atoms with van der Waals surface area (Å²) in [7, 11) is 0. The lowest BCUT2D eigenvalue weighted by Crippen LogP contribution is -2.35. The van der Waals surface area contributed by atoms with E-state index < -0.39 is 0 Å². The molecule has 1 aromatic carbocycles. The van der Waals surface area contributed by atoms with Crippen molar-refractivity contribution in [1.29, 1.82) is 0 Å². The summed E-state index contributed by atoms with van der Waals surface area (Å²) in [5.41, 5.74) is 1.70. The largest absolute Gasteiger partial charge is 0.494 e. The predicted molar refractivity (Wildman–Crippen MR) is 85.2 cm³/mol. The highest BCUT2D eigenvalue weighted by Gasteiger charge is 2.38. The Hall–Kier alpha value is -1.02. The second-order valence-electron chi connectivity index (χ2n) is 6.22. The van der Waals surface area contributed by atoms with Crippen molar-refractivity contribution in [3.63, 3.8) is 0 Å². The van der Waals surface area contributed by atoms with Crippen LogP contribution >= 0.6 is 0 Å². The van der Waals surface area contributed by atoms with E-state index in [-0.39, 0.29) is 0 Å². The van der Waals surface area contributed by atoms with Crippen LogP contribution in [0, 0.1) is 5.41 Å². The summed E-state index contributed by atoms with van der Waals surface area (Å²) in [6.07, 6.45) is 6.52. The monoisotopic (exact) mass is 275 g/mol. The first-order valence-electron chi connectivity index (χ1n) is 8.16. The predicted octanol–water partition coefficient (Wildman–Crippen LogP) is 4.71. The fourth-order valence-corrected chi connectivity index (χ4v) is 3.50. The molecule has 1 saturated carbocycles. The summed E-state index contributed by atoms with van der Waals surface area (Å²) in [5.74, 6) is 1.05. The molecule has 0 aromatic heterocycles. The number of hydrogen-bond acceptors (Lipinski definition) is 2. The van der Waals surface area contributed by atoms with Gasteiger partial charge in [-0.25, -0.2) is 0 Å². The molecular formula is C18H29NO. The molecule has 1 aliphatic rings. The summed E-state index contributed by atoms with van der Waals surface area (Å²) in [6, 6.07) is 8.96. The average molecular weight is 275 g/mol. The van der Waals surface area contributed by atoms with Gasteiger partial charge in [0.1, 0.15) is 5.75 Å². The first kappa shape index (κ1) is 15.4. The van der Waals surface area contributed by atoms with Crippen LogP contribution in [0.25, 0.3) is 0 Å². The average Bonchev–Trinajstić information content (AvgIpc) is 2.89. The zero-order valence-electron chi connectivity index (χ0n) is 13.2. The van der Waals surface area contributed by atoms with E-state index in [4.69, 9.17) is 4.74 Å². The summed E-state index contributed by atoms with van der Waals surface area (Å²) >= 11 is 0. The quantitative estimate of drug-likeness (QED) is 0.778. The van der Waals surface area contributed by atoms with Gasteiger partial charge >= 0.3 is 0 Å². The van der Waals surface area contributed by atoms with E-state index >= 15 is 0 Å². The molecule has 112 valence electrons. The van der Waals surface area contributed by atoms with Gasteiger partial charge in [-0.1, -0.05) is 44.9 Å². The van der Waals surface area contributed by atoms with Gasteiger partial charge in [-0.2, -0.15) is 0 Å². The maximum absolute atomic E-state index is 5.86. The molecule has 1 N–H and O–H groups in total. The van der Waals surface area contributed by atoms with Crippen molar-refractivity contribution in [1.82, 2.24) is 5.32 Å². The Morgan fingerprint density at radius 1 is 1.20 bits per heavy atom. The van der Waals surface area contributed by atoms with Crippen molar-refractivity contribution in [3.05, 3.63) is 29.8 Å². The second kappa shape index (κ2) is 7.12. The SMILES string of the molecule is CCCNC(c1ccccc1OCC)C1(C)CCCC1. The number of benzene rings is 1. The third-order valence-corrected chi connectivity index (χ3v) is 4.57. The van der Waals surface area contributed by atoms with Crippen LogP contribution in [0.4, 0.5) is 0 Å². The highest BCUT2D eigenvalue weighted by Crippen LogP contribution is 2.48. The minimum absolute atomic E-state index is 0.363. The Kier molecular flexibility index (Phi) is 5.47. The van der Waals surface area contributed by atoms with Gasteiger partial charge in [0, 0.05) is 11.6 Å². The van der Waals surface area contributed by atoms with Crippen LogP contribution in [0.3, 0.4) is 0 Å². The summed E-state index contributed by atoms with van der Waals surface area (Å²) in [5, 5.41) is 3.79. The lowest BCUT2D eigenvalue weighted by molar-refractivity contribution is 0.216. The molecule has 0 aliphatic heterocycles. The molecule has 0 radical (unpaired) electrons. The standard InChI is InChI=1S/C18H29NO/c1-4-14-19-17(18(3)12-8-9-13-18)15-10-6-7-11-16(15)20-5-2/h6-7,10-11,17,19H,4-5,8-9,12-14H2,1-3H3. The van der Waals surface area contributed by atoms with Crippen LogP contribution in [-0.4, -0.2) is 13.2 Å². The lowest BCUT2D eigenvalue weighted by Gasteiger charge is -2.36. The molecule has 0 saturated heterocycles. The van der Waals surface area contributed by atoms with Crippen LogP contribution in [0.5, 0.6) is 5.75 Å². The van der Waals surface area contributed by atoms with E-state index in [1.54, 1.807) is 0 Å². The van der Waals surface area contributed by atoms with E-state index in [1.807, 2.05) is 0 Å². The molecule has 2 nitrogen and oxygen atoms in total. The maximum Gasteiger partial charge on any atom is 0.124 e. The molecule has 0 spiro atoms. The summed E-state index contributed by atoms with van der Waals surface area (Å²) < 4.78 is 5.86. The fraction of sp³-hybridized carbons (Fsp3) is 0.667. The van der Waals surface area contributed by atoms with Crippen LogP contribution in [0.15, 0.2) is 24.3 Å². The zero-order valence-corrected chi connectivity index (χ0v) is 13.2. The van der Waals surface area contributed by atoms with Crippen molar-refractivity contribution in [2.75, 3.05) is 13.2 Å². The molecule has 0 bridgehead atoms. The van der Waals surface area contributed by atoms with Gasteiger partial charge in [-0.3, -0.25) is 0 Å². The van der Waals surface area contributed by atoms with Crippen LogP contribution in [0.1, 0.15) is 64.5 Å². The van der Waals surface area contributed by atoms with Gasteiger partial charge < -0.3 is 10.1 Å². The topological polar surface area (TPSA) is 21.3 Å². The Bertz CT molecular complexity index is 410. The Balaban J connectivity index is 2.30.